The molecule has 0 aliphatic carbocycles. The highest BCUT2D eigenvalue weighted by atomic mass is 35.5. The van der Waals surface area contributed by atoms with Gasteiger partial charge in [0, 0.05) is 5.02 Å². The Morgan fingerprint density at radius 3 is 2.43 bits per heavy atom. The minimum absolute atomic E-state index is 0.498. The smallest absolute Gasteiger partial charge is 0.164 e. The van der Waals surface area contributed by atoms with Crippen LogP contribution in [0, 0.1) is 0 Å². The number of aryl methyl sites for hydroxylation is 1. The third-order valence-corrected chi connectivity index (χ3v) is 3.88. The van der Waals surface area contributed by atoms with Crippen LogP contribution in [0.3, 0.4) is 0 Å². The van der Waals surface area contributed by atoms with E-state index >= 15 is 0 Å². The maximum atomic E-state index is 6.06. The zero-order chi connectivity index (χ0) is 16.7. The number of nitrogens with zero attached hydrogens (tertiary/aromatic N) is 1. The van der Waals surface area contributed by atoms with Gasteiger partial charge in [-0.25, -0.2) is 0 Å². The van der Waals surface area contributed by atoms with Crippen LogP contribution in [0.2, 0.25) is 5.02 Å². The van der Waals surface area contributed by atoms with Crippen LogP contribution in [0.5, 0.6) is 11.5 Å². The van der Waals surface area contributed by atoms with Gasteiger partial charge < -0.3 is 14.4 Å². The van der Waals surface area contributed by atoms with Gasteiger partial charge in [-0.3, -0.25) is 0 Å². The van der Waals surface area contributed by atoms with Gasteiger partial charge in [0.1, 0.15) is 6.61 Å². The Balaban J connectivity index is 2.09. The molecule has 0 saturated heterocycles. The third-order valence-electron chi connectivity index (χ3n) is 3.63. The van der Waals surface area contributed by atoms with Gasteiger partial charge in [0.05, 0.1) is 7.11 Å². The van der Waals surface area contributed by atoms with Crippen molar-refractivity contribution in [3.63, 3.8) is 0 Å². The Bertz CT molecular complexity index is 611. The molecule has 0 fully saturated rings. The number of hydrogen-bond acceptors (Lipinski definition) is 3. The van der Waals surface area contributed by atoms with Crippen LogP contribution >= 0.6 is 11.6 Å². The summed E-state index contributed by atoms with van der Waals surface area (Å²) >= 11 is 5.92. The number of para-hydroxylation sites is 1. The van der Waals surface area contributed by atoms with Gasteiger partial charge in [0.25, 0.3) is 0 Å². The predicted octanol–water partition coefficient (Wildman–Crippen LogP) is 4.42. The highest BCUT2D eigenvalue weighted by Gasteiger charge is 2.11. The topological polar surface area (TPSA) is 21.7 Å². The van der Waals surface area contributed by atoms with Crippen LogP contribution in [0.4, 0.5) is 0 Å². The van der Waals surface area contributed by atoms with Crippen molar-refractivity contribution < 1.29 is 9.47 Å². The first kappa shape index (κ1) is 17.6. The van der Waals surface area contributed by atoms with E-state index in [9.17, 15) is 0 Å². The van der Waals surface area contributed by atoms with Crippen molar-refractivity contribution in [2.45, 2.75) is 19.4 Å². The fraction of sp³-hybridized carbons (Fsp3) is 0.368. The highest BCUT2D eigenvalue weighted by molar-refractivity contribution is 6.30. The summed E-state index contributed by atoms with van der Waals surface area (Å²) in [5.41, 5.74) is 2.26. The fourth-order valence-electron chi connectivity index (χ4n) is 2.40. The van der Waals surface area contributed by atoms with E-state index in [1.807, 2.05) is 36.4 Å². The number of methoxy groups -OCH3 is 1. The molecule has 0 spiro atoms. The van der Waals surface area contributed by atoms with Gasteiger partial charge in [-0.05, 0) is 62.8 Å². The molecule has 0 aliphatic heterocycles. The SMILES string of the molecule is COc1cccc(CCCN(C)C)c1OCc1ccc(Cl)cc1. The Hall–Kier alpha value is -1.71. The number of benzene rings is 2. The summed E-state index contributed by atoms with van der Waals surface area (Å²) in [6, 6.07) is 13.8. The second kappa shape index (κ2) is 8.80. The summed E-state index contributed by atoms with van der Waals surface area (Å²) in [5.74, 6) is 1.62. The lowest BCUT2D eigenvalue weighted by molar-refractivity contribution is 0.280. The maximum absolute atomic E-state index is 6.06. The molecule has 0 atom stereocenters. The third kappa shape index (κ3) is 5.45. The molecule has 124 valence electrons. The van der Waals surface area contributed by atoms with E-state index < -0.39 is 0 Å². The monoisotopic (exact) mass is 333 g/mol. The van der Waals surface area contributed by atoms with Crippen LogP contribution in [-0.4, -0.2) is 32.6 Å². The maximum Gasteiger partial charge on any atom is 0.164 e. The molecule has 3 nitrogen and oxygen atoms in total. The Morgan fingerprint density at radius 1 is 1.04 bits per heavy atom. The molecule has 0 heterocycles. The Morgan fingerprint density at radius 2 is 1.78 bits per heavy atom. The van der Waals surface area contributed by atoms with E-state index in [2.05, 4.69) is 25.1 Å². The van der Waals surface area contributed by atoms with E-state index in [4.69, 9.17) is 21.1 Å². The molecule has 0 aliphatic rings. The average molecular weight is 334 g/mol. The molecule has 0 aromatic heterocycles. The lowest BCUT2D eigenvalue weighted by Gasteiger charge is -2.16. The predicted molar refractivity (Wildman–Crippen MR) is 95.7 cm³/mol. The van der Waals surface area contributed by atoms with Crippen LogP contribution in [0.15, 0.2) is 42.5 Å². The summed E-state index contributed by atoms with van der Waals surface area (Å²) in [6.07, 6.45) is 2.04. The van der Waals surface area contributed by atoms with Crippen LogP contribution < -0.4 is 9.47 Å². The fourth-order valence-corrected chi connectivity index (χ4v) is 2.53. The normalized spacial score (nSPS) is 10.8. The standard InChI is InChI=1S/C19H24ClNO2/c1-21(2)13-5-7-16-6-4-8-18(22-3)19(16)23-14-15-9-11-17(20)12-10-15/h4,6,8-12H,5,7,13-14H2,1-3H3. The molecule has 2 aromatic carbocycles. The lowest BCUT2D eigenvalue weighted by Crippen LogP contribution is -2.13. The van der Waals surface area contributed by atoms with Gasteiger partial charge in [0.15, 0.2) is 11.5 Å². The second-order valence-electron chi connectivity index (χ2n) is 5.77. The zero-order valence-corrected chi connectivity index (χ0v) is 14.8. The molecule has 4 heteroatoms. The van der Waals surface area contributed by atoms with Crippen molar-refractivity contribution in [2.75, 3.05) is 27.7 Å². The molecule has 0 amide bonds. The molecule has 0 unspecified atom stereocenters. The van der Waals surface area contributed by atoms with Crippen LogP contribution in [-0.2, 0) is 13.0 Å². The van der Waals surface area contributed by atoms with E-state index in [-0.39, 0.29) is 0 Å². The van der Waals surface area contributed by atoms with Gasteiger partial charge in [-0.2, -0.15) is 0 Å². The molecular weight excluding hydrogens is 310 g/mol. The highest BCUT2D eigenvalue weighted by Crippen LogP contribution is 2.32. The van der Waals surface area contributed by atoms with Crippen molar-refractivity contribution in [1.29, 1.82) is 0 Å². The molecule has 0 bridgehead atoms. The Labute approximate surface area is 143 Å². The quantitative estimate of drug-likeness (QED) is 0.713. The number of halogens is 1. The van der Waals surface area contributed by atoms with Crippen molar-refractivity contribution >= 4 is 11.6 Å². The minimum atomic E-state index is 0.498. The number of ether oxygens (including phenoxy) is 2. The second-order valence-corrected chi connectivity index (χ2v) is 6.21. The molecule has 23 heavy (non-hydrogen) atoms. The first-order chi connectivity index (χ1) is 11.1. The van der Waals surface area contributed by atoms with E-state index in [0.717, 1.165) is 41.5 Å². The largest absolute Gasteiger partial charge is 0.493 e. The molecule has 0 saturated carbocycles. The molecule has 2 rings (SSSR count). The van der Waals surface area contributed by atoms with Crippen molar-refractivity contribution in [2.24, 2.45) is 0 Å². The zero-order valence-electron chi connectivity index (χ0n) is 14.0. The summed E-state index contributed by atoms with van der Waals surface area (Å²) < 4.78 is 11.5. The van der Waals surface area contributed by atoms with Gasteiger partial charge in [-0.15, -0.1) is 0 Å². The van der Waals surface area contributed by atoms with Gasteiger partial charge >= 0.3 is 0 Å². The van der Waals surface area contributed by atoms with Gasteiger partial charge in [0.2, 0.25) is 0 Å². The molecule has 0 radical (unpaired) electrons. The van der Waals surface area contributed by atoms with E-state index in [0.29, 0.717) is 6.61 Å². The minimum Gasteiger partial charge on any atom is -0.493 e. The summed E-state index contributed by atoms with van der Waals surface area (Å²) in [7, 11) is 5.85. The van der Waals surface area contributed by atoms with E-state index in [1.165, 1.54) is 5.56 Å². The van der Waals surface area contributed by atoms with Crippen LogP contribution in [0.25, 0.3) is 0 Å². The van der Waals surface area contributed by atoms with Crippen molar-refractivity contribution in [3.8, 4) is 11.5 Å². The Kier molecular flexibility index (Phi) is 6.75. The average Bonchev–Trinajstić information content (AvgIpc) is 2.54. The first-order valence-electron chi connectivity index (χ1n) is 7.78. The summed E-state index contributed by atoms with van der Waals surface area (Å²) in [5, 5.41) is 0.732. The van der Waals surface area contributed by atoms with Gasteiger partial charge in [-0.1, -0.05) is 35.9 Å². The first-order valence-corrected chi connectivity index (χ1v) is 8.16. The number of hydrogen-bond donors (Lipinski definition) is 0. The number of rotatable bonds is 8. The van der Waals surface area contributed by atoms with E-state index in [1.54, 1.807) is 7.11 Å². The molecular formula is C19H24ClNO2. The van der Waals surface area contributed by atoms with Crippen LogP contribution in [0.1, 0.15) is 17.5 Å². The summed E-state index contributed by atoms with van der Waals surface area (Å²) in [6.45, 7) is 1.55. The summed E-state index contributed by atoms with van der Waals surface area (Å²) in [4.78, 5) is 2.19. The van der Waals surface area contributed by atoms with Crippen molar-refractivity contribution in [1.82, 2.24) is 4.90 Å². The molecule has 0 N–H and O–H groups in total. The lowest BCUT2D eigenvalue weighted by atomic mass is 10.1. The molecule has 2 aromatic rings. The van der Waals surface area contributed by atoms with Crippen molar-refractivity contribution in [3.05, 3.63) is 58.6 Å².